The molecule has 0 spiro atoms. The Morgan fingerprint density at radius 3 is 2.53 bits per heavy atom. The summed E-state index contributed by atoms with van der Waals surface area (Å²) in [5, 5.41) is 0. The summed E-state index contributed by atoms with van der Waals surface area (Å²) in [5.74, 6) is 0.505. The molecule has 1 aromatic rings. The Hall–Kier alpha value is -1.40. The Kier molecular flexibility index (Phi) is 3.81. The number of benzene rings is 1. The molecule has 0 heterocycles. The quantitative estimate of drug-likeness (QED) is 0.547. The van der Waals surface area contributed by atoms with Gasteiger partial charge in [-0.15, -0.1) is 0 Å². The van der Waals surface area contributed by atoms with Gasteiger partial charge < -0.3 is 0 Å². The van der Waals surface area contributed by atoms with Gasteiger partial charge in [0.2, 0.25) is 6.08 Å². The van der Waals surface area contributed by atoms with Gasteiger partial charge in [-0.05, 0) is 42.0 Å². The highest BCUT2D eigenvalue weighted by molar-refractivity contribution is 5.42. The molecule has 0 radical (unpaired) electrons. The monoisotopic (exact) mass is 203 g/mol. The molecular weight excluding hydrogens is 186 g/mol. The molecule has 0 aliphatic rings. The van der Waals surface area contributed by atoms with Crippen LogP contribution in [0.4, 0.5) is 0 Å². The number of nitrogens with zero attached hydrogens (tertiary/aromatic N) is 1. The highest BCUT2D eigenvalue weighted by Gasteiger charge is 2.09. The normalized spacial score (nSPS) is 10.2. The molecule has 1 aromatic carbocycles. The molecular formula is C13H17NO. The number of carbonyl (C=O) groups excluding carboxylic acids is 1. The maximum Gasteiger partial charge on any atom is 0.235 e. The molecule has 0 saturated heterocycles. The van der Waals surface area contributed by atoms with Crippen LogP contribution in [0.5, 0.6) is 0 Å². The highest BCUT2D eigenvalue weighted by Crippen LogP contribution is 2.26. The molecule has 0 bridgehead atoms. The summed E-state index contributed by atoms with van der Waals surface area (Å²) in [4.78, 5) is 13.7. The first-order chi connectivity index (χ1) is 7.07. The van der Waals surface area contributed by atoms with Crippen LogP contribution in [0.2, 0.25) is 0 Å². The van der Waals surface area contributed by atoms with Crippen molar-refractivity contribution in [2.24, 2.45) is 4.99 Å². The second kappa shape index (κ2) is 4.90. The van der Waals surface area contributed by atoms with Crippen molar-refractivity contribution in [1.29, 1.82) is 0 Å². The van der Waals surface area contributed by atoms with Crippen molar-refractivity contribution in [2.75, 3.05) is 0 Å². The summed E-state index contributed by atoms with van der Waals surface area (Å²) >= 11 is 0. The van der Waals surface area contributed by atoms with Crippen molar-refractivity contribution >= 4 is 6.08 Å². The smallest absolute Gasteiger partial charge is 0.211 e. The zero-order valence-electron chi connectivity index (χ0n) is 9.79. The van der Waals surface area contributed by atoms with Crippen molar-refractivity contribution in [3.63, 3.8) is 0 Å². The van der Waals surface area contributed by atoms with Crippen molar-refractivity contribution in [3.05, 3.63) is 34.4 Å². The number of aliphatic imine (C=N–C) groups is 1. The molecule has 15 heavy (non-hydrogen) atoms. The predicted molar refractivity (Wildman–Crippen MR) is 61.8 cm³/mol. The Morgan fingerprint density at radius 1 is 1.33 bits per heavy atom. The van der Waals surface area contributed by atoms with Crippen LogP contribution in [-0.2, 0) is 11.3 Å². The van der Waals surface area contributed by atoms with E-state index in [0.29, 0.717) is 12.5 Å². The molecule has 0 fully saturated rings. The van der Waals surface area contributed by atoms with Crippen LogP contribution in [0.3, 0.4) is 0 Å². The minimum atomic E-state index is 0.440. The number of aryl methyl sites for hydroxylation is 1. The first-order valence-corrected chi connectivity index (χ1v) is 5.20. The van der Waals surface area contributed by atoms with E-state index in [-0.39, 0.29) is 0 Å². The average Bonchev–Trinajstić information content (AvgIpc) is 2.16. The summed E-state index contributed by atoms with van der Waals surface area (Å²) in [7, 11) is 0. The first kappa shape index (κ1) is 11.7. The van der Waals surface area contributed by atoms with E-state index in [4.69, 9.17) is 0 Å². The Labute approximate surface area is 91.0 Å². The van der Waals surface area contributed by atoms with E-state index >= 15 is 0 Å². The number of isocyanates is 1. The molecule has 80 valence electrons. The highest BCUT2D eigenvalue weighted by atomic mass is 16.1. The predicted octanol–water partition coefficient (Wildman–Crippen LogP) is 3.26. The molecule has 0 atom stereocenters. The second-order valence-electron chi connectivity index (χ2n) is 4.14. The Balaban J connectivity index is 3.21. The van der Waals surface area contributed by atoms with Crippen molar-refractivity contribution in [2.45, 2.75) is 40.2 Å². The topological polar surface area (TPSA) is 29.4 Å². The molecule has 2 nitrogen and oxygen atoms in total. The van der Waals surface area contributed by atoms with Gasteiger partial charge in [-0.3, -0.25) is 0 Å². The third kappa shape index (κ3) is 2.54. The van der Waals surface area contributed by atoms with E-state index in [1.807, 2.05) is 6.07 Å². The van der Waals surface area contributed by atoms with Gasteiger partial charge >= 0.3 is 0 Å². The summed E-state index contributed by atoms with van der Waals surface area (Å²) in [6.07, 6.45) is 1.58. The van der Waals surface area contributed by atoms with Gasteiger partial charge in [0.05, 0.1) is 6.54 Å². The summed E-state index contributed by atoms with van der Waals surface area (Å²) in [6, 6.07) is 4.13. The maximum absolute atomic E-state index is 10.1. The minimum absolute atomic E-state index is 0.440. The Bertz CT molecular complexity index is 401. The van der Waals surface area contributed by atoms with Crippen molar-refractivity contribution in [3.8, 4) is 0 Å². The fraction of sp³-hybridized carbons (Fsp3) is 0.462. The SMILES string of the molecule is Cc1ccc(CN=C=O)c(C)c1C(C)C. The second-order valence-corrected chi connectivity index (χ2v) is 4.14. The first-order valence-electron chi connectivity index (χ1n) is 5.20. The molecule has 0 N–H and O–H groups in total. The van der Waals surface area contributed by atoms with Crippen LogP contribution >= 0.6 is 0 Å². The Morgan fingerprint density at radius 2 is 2.00 bits per heavy atom. The fourth-order valence-electron chi connectivity index (χ4n) is 2.09. The molecule has 0 saturated carbocycles. The van der Waals surface area contributed by atoms with Crippen LogP contribution in [0.1, 0.15) is 42.0 Å². The van der Waals surface area contributed by atoms with Gasteiger partial charge in [-0.2, -0.15) is 0 Å². The van der Waals surface area contributed by atoms with Crippen molar-refractivity contribution < 1.29 is 4.79 Å². The number of hydrogen-bond acceptors (Lipinski definition) is 2. The zero-order valence-corrected chi connectivity index (χ0v) is 9.79. The average molecular weight is 203 g/mol. The van der Waals surface area contributed by atoms with Gasteiger partial charge in [0.15, 0.2) is 0 Å². The summed E-state index contributed by atoms with van der Waals surface area (Å²) in [5.41, 5.74) is 5.05. The van der Waals surface area contributed by atoms with Crippen LogP contribution in [0.25, 0.3) is 0 Å². The molecule has 1 rings (SSSR count). The van der Waals surface area contributed by atoms with E-state index in [2.05, 4.69) is 38.8 Å². The third-order valence-corrected chi connectivity index (χ3v) is 2.74. The molecule has 0 aromatic heterocycles. The molecule has 2 heteroatoms. The van der Waals surface area contributed by atoms with Gasteiger partial charge in [0.25, 0.3) is 0 Å². The molecule has 0 amide bonds. The lowest BCUT2D eigenvalue weighted by atomic mass is 9.90. The standard InChI is InChI=1S/C13H17NO/c1-9(2)13-10(3)5-6-12(11(13)4)7-14-8-15/h5-6,9H,7H2,1-4H3. The number of rotatable bonds is 3. The number of hydrogen-bond donors (Lipinski definition) is 0. The molecule has 0 aliphatic carbocycles. The van der Waals surface area contributed by atoms with E-state index in [1.54, 1.807) is 6.08 Å². The van der Waals surface area contributed by atoms with Crippen molar-refractivity contribution in [1.82, 2.24) is 0 Å². The van der Waals surface area contributed by atoms with Gasteiger partial charge in [-0.25, -0.2) is 9.79 Å². The summed E-state index contributed by atoms with van der Waals surface area (Å²) < 4.78 is 0. The van der Waals surface area contributed by atoms with E-state index in [0.717, 1.165) is 5.56 Å². The fourth-order valence-corrected chi connectivity index (χ4v) is 2.09. The molecule has 0 aliphatic heterocycles. The lowest BCUT2D eigenvalue weighted by Gasteiger charge is -2.16. The zero-order chi connectivity index (χ0) is 11.4. The largest absolute Gasteiger partial charge is 0.235 e. The maximum atomic E-state index is 10.1. The van der Waals surface area contributed by atoms with Crippen LogP contribution in [-0.4, -0.2) is 6.08 Å². The molecule has 0 unspecified atom stereocenters. The van der Waals surface area contributed by atoms with E-state index < -0.39 is 0 Å². The lowest BCUT2D eigenvalue weighted by Crippen LogP contribution is -2.00. The van der Waals surface area contributed by atoms with Crippen LogP contribution < -0.4 is 0 Å². The third-order valence-electron chi connectivity index (χ3n) is 2.74. The van der Waals surface area contributed by atoms with Crippen LogP contribution in [0.15, 0.2) is 17.1 Å². The van der Waals surface area contributed by atoms with Gasteiger partial charge in [-0.1, -0.05) is 26.0 Å². The van der Waals surface area contributed by atoms with Gasteiger partial charge in [0, 0.05) is 0 Å². The minimum Gasteiger partial charge on any atom is -0.211 e. The van der Waals surface area contributed by atoms with Gasteiger partial charge in [0.1, 0.15) is 0 Å². The van der Waals surface area contributed by atoms with E-state index in [9.17, 15) is 4.79 Å². The lowest BCUT2D eigenvalue weighted by molar-refractivity contribution is 0.562. The summed E-state index contributed by atoms with van der Waals surface area (Å²) in [6.45, 7) is 9.02. The van der Waals surface area contributed by atoms with Crippen LogP contribution in [0, 0.1) is 13.8 Å². The van der Waals surface area contributed by atoms with E-state index in [1.165, 1.54) is 16.7 Å².